The van der Waals surface area contributed by atoms with Gasteiger partial charge in [0.1, 0.15) is 5.54 Å². The van der Waals surface area contributed by atoms with Gasteiger partial charge in [-0.25, -0.2) is 13.2 Å². The van der Waals surface area contributed by atoms with E-state index in [-0.39, 0.29) is 18.1 Å². The molecule has 0 bridgehead atoms. The average molecular weight is 292 g/mol. The number of benzene rings is 1. The summed E-state index contributed by atoms with van der Waals surface area (Å²) < 4.78 is 27.2. The first-order valence-corrected chi connectivity index (χ1v) is 7.28. The number of halogens is 1. The fraction of sp³-hybridized carbons (Fsp3) is 0.300. The molecule has 0 unspecified atom stereocenters. The van der Waals surface area contributed by atoms with E-state index in [1.807, 2.05) is 0 Å². The highest BCUT2D eigenvalue weighted by Crippen LogP contribution is 2.30. The second kappa shape index (κ2) is 4.42. The third-order valence-electron chi connectivity index (χ3n) is 2.73. The molecular formula is C10H10ClNO5S. The summed E-state index contributed by atoms with van der Waals surface area (Å²) in [7, 11) is 1.42. The number of amides is 1. The van der Waals surface area contributed by atoms with Gasteiger partial charge in [-0.05, 0) is 17.7 Å². The molecule has 98 valence electrons. The van der Waals surface area contributed by atoms with Crippen LogP contribution in [0.1, 0.15) is 5.56 Å². The first kappa shape index (κ1) is 13.1. The van der Waals surface area contributed by atoms with Crippen molar-refractivity contribution in [3.05, 3.63) is 29.8 Å². The lowest BCUT2D eigenvalue weighted by molar-refractivity contribution is -0.0744. The van der Waals surface area contributed by atoms with E-state index in [1.165, 1.54) is 24.3 Å². The van der Waals surface area contributed by atoms with E-state index in [0.29, 0.717) is 5.56 Å². The van der Waals surface area contributed by atoms with E-state index in [4.69, 9.17) is 20.5 Å². The summed E-state index contributed by atoms with van der Waals surface area (Å²) in [4.78, 5) is 10.7. The van der Waals surface area contributed by atoms with Crippen LogP contribution in [-0.4, -0.2) is 32.8 Å². The summed E-state index contributed by atoms with van der Waals surface area (Å²) in [6.07, 6.45) is -1.16. The van der Waals surface area contributed by atoms with Gasteiger partial charge in [-0.3, -0.25) is 0 Å². The van der Waals surface area contributed by atoms with Crippen LogP contribution < -0.4 is 5.32 Å². The third kappa shape index (κ3) is 2.43. The summed E-state index contributed by atoms with van der Waals surface area (Å²) >= 11 is 0. The Labute approximate surface area is 108 Å². The highest BCUT2D eigenvalue weighted by molar-refractivity contribution is 8.13. The van der Waals surface area contributed by atoms with Gasteiger partial charge < -0.3 is 15.2 Å². The maximum Gasteiger partial charge on any atom is 0.405 e. The van der Waals surface area contributed by atoms with Crippen molar-refractivity contribution in [2.75, 3.05) is 13.2 Å². The molecule has 0 aliphatic carbocycles. The average Bonchev–Trinajstić information content (AvgIpc) is 2.22. The Bertz CT molecular complexity index is 564. The Hall–Kier alpha value is -1.31. The number of hydrogen-bond donors (Lipinski definition) is 2. The first-order valence-electron chi connectivity index (χ1n) is 4.98. The molecule has 18 heavy (non-hydrogen) atoms. The normalized spacial score (nSPS) is 17.8. The van der Waals surface area contributed by atoms with Crippen LogP contribution in [0.5, 0.6) is 0 Å². The van der Waals surface area contributed by atoms with Crippen molar-refractivity contribution in [1.29, 1.82) is 0 Å². The molecule has 0 aromatic heterocycles. The number of carbonyl (C=O) groups is 1. The zero-order valence-corrected chi connectivity index (χ0v) is 10.7. The van der Waals surface area contributed by atoms with Crippen LogP contribution in [0, 0.1) is 0 Å². The largest absolute Gasteiger partial charge is 0.465 e. The van der Waals surface area contributed by atoms with Crippen molar-refractivity contribution in [2.45, 2.75) is 10.4 Å². The van der Waals surface area contributed by atoms with Crippen LogP contribution in [0.2, 0.25) is 0 Å². The lowest BCUT2D eigenvalue weighted by atomic mass is 9.88. The van der Waals surface area contributed by atoms with Gasteiger partial charge in [-0.2, -0.15) is 0 Å². The molecule has 0 radical (unpaired) electrons. The van der Waals surface area contributed by atoms with E-state index in [0.717, 1.165) is 0 Å². The smallest absolute Gasteiger partial charge is 0.405 e. The molecular weight excluding hydrogens is 282 g/mol. The SMILES string of the molecule is O=C(O)NC1(c2ccc(S(=O)(=O)Cl)cc2)COC1. The van der Waals surface area contributed by atoms with E-state index < -0.39 is 20.7 Å². The van der Waals surface area contributed by atoms with Crippen molar-refractivity contribution in [3.63, 3.8) is 0 Å². The molecule has 2 N–H and O–H groups in total. The molecule has 1 saturated heterocycles. The standard InChI is InChI=1S/C10H10ClNO5S/c11-18(15,16)8-3-1-7(2-4-8)10(5-17-6-10)12-9(13)14/h1-4,12H,5-6H2,(H,13,14). The zero-order valence-electron chi connectivity index (χ0n) is 9.09. The molecule has 1 fully saturated rings. The van der Waals surface area contributed by atoms with Crippen LogP contribution in [0.25, 0.3) is 0 Å². The lowest BCUT2D eigenvalue weighted by Crippen LogP contribution is -2.59. The van der Waals surface area contributed by atoms with Crippen molar-refractivity contribution in [3.8, 4) is 0 Å². The fourth-order valence-electron chi connectivity index (χ4n) is 1.76. The molecule has 8 heteroatoms. The van der Waals surface area contributed by atoms with Gasteiger partial charge in [0.2, 0.25) is 0 Å². The summed E-state index contributed by atoms with van der Waals surface area (Å²) in [5, 5.41) is 11.2. The van der Waals surface area contributed by atoms with E-state index >= 15 is 0 Å². The summed E-state index contributed by atoms with van der Waals surface area (Å²) in [5.74, 6) is 0. The minimum absolute atomic E-state index is 0.0290. The van der Waals surface area contributed by atoms with Gasteiger partial charge in [0.15, 0.2) is 0 Å². The molecule has 1 amide bonds. The maximum absolute atomic E-state index is 11.1. The van der Waals surface area contributed by atoms with Gasteiger partial charge in [0.25, 0.3) is 9.05 Å². The Morgan fingerprint density at radius 2 is 1.89 bits per heavy atom. The van der Waals surface area contributed by atoms with Gasteiger partial charge in [0.05, 0.1) is 18.1 Å². The lowest BCUT2D eigenvalue weighted by Gasteiger charge is -2.41. The van der Waals surface area contributed by atoms with Gasteiger partial charge in [-0.1, -0.05) is 12.1 Å². The van der Waals surface area contributed by atoms with E-state index in [1.54, 1.807) is 0 Å². The van der Waals surface area contributed by atoms with Crippen molar-refractivity contribution >= 4 is 25.8 Å². The quantitative estimate of drug-likeness (QED) is 0.814. The fourth-order valence-corrected chi connectivity index (χ4v) is 2.53. The molecule has 2 rings (SSSR count). The Balaban J connectivity index is 2.31. The Morgan fingerprint density at radius 3 is 2.22 bits per heavy atom. The number of ether oxygens (including phenoxy) is 1. The number of rotatable bonds is 3. The molecule has 0 atom stereocenters. The van der Waals surface area contributed by atoms with Crippen molar-refractivity contribution in [2.24, 2.45) is 0 Å². The van der Waals surface area contributed by atoms with Crippen LogP contribution in [0.15, 0.2) is 29.2 Å². The third-order valence-corrected chi connectivity index (χ3v) is 4.10. The maximum atomic E-state index is 11.1. The molecule has 1 aromatic rings. The minimum Gasteiger partial charge on any atom is -0.465 e. The number of nitrogens with one attached hydrogen (secondary N) is 1. The molecule has 1 aliphatic heterocycles. The van der Waals surface area contributed by atoms with Crippen LogP contribution >= 0.6 is 10.7 Å². The number of carboxylic acid groups (broad SMARTS) is 1. The molecule has 1 aromatic carbocycles. The van der Waals surface area contributed by atoms with E-state index in [9.17, 15) is 13.2 Å². The van der Waals surface area contributed by atoms with E-state index in [2.05, 4.69) is 5.32 Å². The number of hydrogen-bond acceptors (Lipinski definition) is 4. The minimum atomic E-state index is -3.77. The Kier molecular flexibility index (Phi) is 3.22. The topological polar surface area (TPSA) is 92.7 Å². The van der Waals surface area contributed by atoms with Gasteiger partial charge >= 0.3 is 6.09 Å². The second-order valence-corrected chi connectivity index (χ2v) is 6.53. The van der Waals surface area contributed by atoms with Gasteiger partial charge in [-0.15, -0.1) is 0 Å². The summed E-state index contributed by atoms with van der Waals surface area (Å²) in [6.45, 7) is 0.429. The van der Waals surface area contributed by atoms with Gasteiger partial charge in [0, 0.05) is 10.7 Å². The second-order valence-electron chi connectivity index (χ2n) is 3.97. The van der Waals surface area contributed by atoms with Crippen molar-refractivity contribution in [1.82, 2.24) is 5.32 Å². The molecule has 1 aliphatic rings. The van der Waals surface area contributed by atoms with Crippen LogP contribution in [0.3, 0.4) is 0 Å². The highest BCUT2D eigenvalue weighted by atomic mass is 35.7. The predicted octanol–water partition coefficient (Wildman–Crippen LogP) is 1.11. The Morgan fingerprint density at radius 1 is 1.33 bits per heavy atom. The zero-order chi connectivity index (χ0) is 13.4. The molecule has 1 heterocycles. The predicted molar refractivity (Wildman–Crippen MR) is 63.1 cm³/mol. The summed E-state index contributed by atoms with van der Waals surface area (Å²) in [6, 6.07) is 5.71. The molecule has 6 nitrogen and oxygen atoms in total. The van der Waals surface area contributed by atoms with Crippen LogP contribution in [0.4, 0.5) is 4.79 Å². The monoisotopic (exact) mass is 291 g/mol. The van der Waals surface area contributed by atoms with Crippen molar-refractivity contribution < 1.29 is 23.1 Å². The summed E-state index contributed by atoms with van der Waals surface area (Å²) in [5.41, 5.74) is -0.166. The molecule has 0 saturated carbocycles. The highest BCUT2D eigenvalue weighted by Gasteiger charge is 2.42. The molecule has 0 spiro atoms. The first-order chi connectivity index (χ1) is 8.33. The van der Waals surface area contributed by atoms with Crippen LogP contribution in [-0.2, 0) is 19.3 Å².